The summed E-state index contributed by atoms with van der Waals surface area (Å²) in [4.78, 5) is 7.27. The molecule has 0 radical (unpaired) electrons. The Kier molecular flexibility index (Phi) is 2.13. The molecule has 0 saturated carbocycles. The molecule has 0 spiro atoms. The molecule has 1 heterocycles. The number of nitrogens with one attached hydrogen (secondary N) is 1. The number of aromatic nitrogens is 2. The topological polar surface area (TPSA) is 28.7 Å². The molecular formula is C11H12N2. The highest BCUT2D eigenvalue weighted by Crippen LogP contribution is 2.12. The van der Waals surface area contributed by atoms with Crippen LogP contribution in [-0.2, 0) is 0 Å². The molecule has 0 saturated heterocycles. The number of H-pyrrole nitrogens is 1. The zero-order valence-corrected chi connectivity index (χ0v) is 7.62. The monoisotopic (exact) mass is 172 g/mol. The van der Waals surface area contributed by atoms with Crippen LogP contribution in [0, 0.1) is 0 Å². The van der Waals surface area contributed by atoms with Gasteiger partial charge in [0, 0.05) is 0 Å². The number of allylic oxidation sites excluding steroid dienone is 1. The molecule has 0 aliphatic carbocycles. The lowest BCUT2D eigenvalue weighted by atomic mass is 10.2. The largest absolute Gasteiger partial charge is 0.345 e. The Labute approximate surface area is 77.3 Å². The van der Waals surface area contributed by atoms with E-state index in [1.54, 1.807) is 6.33 Å². The first-order chi connectivity index (χ1) is 6.40. The molecule has 0 fully saturated rings. The van der Waals surface area contributed by atoms with Crippen molar-refractivity contribution in [3.8, 4) is 0 Å². The Balaban J connectivity index is 2.42. The highest BCUT2D eigenvalue weighted by Gasteiger charge is 1.94. The van der Waals surface area contributed by atoms with E-state index in [0.29, 0.717) is 0 Å². The van der Waals surface area contributed by atoms with E-state index in [0.717, 1.165) is 17.5 Å². The van der Waals surface area contributed by atoms with E-state index < -0.39 is 0 Å². The third-order valence-corrected chi connectivity index (χ3v) is 1.99. The average molecular weight is 172 g/mol. The van der Waals surface area contributed by atoms with Crippen molar-refractivity contribution in [2.45, 2.75) is 13.3 Å². The maximum absolute atomic E-state index is 4.20. The van der Waals surface area contributed by atoms with Crippen molar-refractivity contribution in [3.63, 3.8) is 0 Å². The summed E-state index contributed by atoms with van der Waals surface area (Å²) >= 11 is 0. The number of nitrogens with zero attached hydrogens (tertiary/aromatic N) is 1. The van der Waals surface area contributed by atoms with Crippen LogP contribution in [0.3, 0.4) is 0 Å². The van der Waals surface area contributed by atoms with Gasteiger partial charge in [0.15, 0.2) is 0 Å². The Morgan fingerprint density at radius 1 is 1.46 bits per heavy atom. The van der Waals surface area contributed by atoms with Crippen LogP contribution in [-0.4, -0.2) is 9.97 Å². The zero-order valence-electron chi connectivity index (χ0n) is 7.62. The minimum absolute atomic E-state index is 1.03. The second-order valence-electron chi connectivity index (χ2n) is 2.99. The molecule has 13 heavy (non-hydrogen) atoms. The molecule has 2 nitrogen and oxygen atoms in total. The SMILES string of the molecule is CC/C=C/c1ccc2[nH]cnc2c1. The lowest BCUT2D eigenvalue weighted by Crippen LogP contribution is -1.73. The van der Waals surface area contributed by atoms with Crippen LogP contribution in [0.15, 0.2) is 30.6 Å². The second-order valence-corrected chi connectivity index (χ2v) is 2.99. The van der Waals surface area contributed by atoms with Gasteiger partial charge in [-0.2, -0.15) is 0 Å². The van der Waals surface area contributed by atoms with Crippen molar-refractivity contribution in [2.24, 2.45) is 0 Å². The average Bonchev–Trinajstić information content (AvgIpc) is 2.61. The molecular weight excluding hydrogens is 160 g/mol. The summed E-state index contributed by atoms with van der Waals surface area (Å²) in [6.07, 6.45) is 7.05. The van der Waals surface area contributed by atoms with Gasteiger partial charge >= 0.3 is 0 Å². The third-order valence-electron chi connectivity index (χ3n) is 1.99. The van der Waals surface area contributed by atoms with Gasteiger partial charge in [0.05, 0.1) is 17.4 Å². The van der Waals surface area contributed by atoms with Crippen molar-refractivity contribution < 1.29 is 0 Å². The van der Waals surface area contributed by atoms with Gasteiger partial charge in [-0.05, 0) is 24.1 Å². The Morgan fingerprint density at radius 3 is 3.23 bits per heavy atom. The van der Waals surface area contributed by atoms with Gasteiger partial charge in [-0.1, -0.05) is 25.1 Å². The van der Waals surface area contributed by atoms with Crippen molar-refractivity contribution in [2.75, 3.05) is 0 Å². The van der Waals surface area contributed by atoms with Crippen molar-refractivity contribution in [1.29, 1.82) is 0 Å². The number of hydrogen-bond donors (Lipinski definition) is 1. The van der Waals surface area contributed by atoms with E-state index in [4.69, 9.17) is 0 Å². The maximum Gasteiger partial charge on any atom is 0.0931 e. The van der Waals surface area contributed by atoms with E-state index in [9.17, 15) is 0 Å². The molecule has 1 aromatic carbocycles. The van der Waals surface area contributed by atoms with Gasteiger partial charge in [-0.15, -0.1) is 0 Å². The van der Waals surface area contributed by atoms with Crippen molar-refractivity contribution in [1.82, 2.24) is 9.97 Å². The van der Waals surface area contributed by atoms with E-state index in [-0.39, 0.29) is 0 Å². The first kappa shape index (κ1) is 8.05. The fourth-order valence-corrected chi connectivity index (χ4v) is 1.31. The molecule has 0 bridgehead atoms. The Hall–Kier alpha value is -1.57. The van der Waals surface area contributed by atoms with Crippen LogP contribution in [0.4, 0.5) is 0 Å². The summed E-state index contributed by atoms with van der Waals surface area (Å²) in [5, 5.41) is 0. The summed E-state index contributed by atoms with van der Waals surface area (Å²) in [5.74, 6) is 0. The minimum atomic E-state index is 1.03. The molecule has 0 unspecified atom stereocenters. The van der Waals surface area contributed by atoms with Crippen LogP contribution in [0.1, 0.15) is 18.9 Å². The number of fused-ring (bicyclic) bond motifs is 1. The lowest BCUT2D eigenvalue weighted by molar-refractivity contribution is 1.23. The molecule has 0 amide bonds. The summed E-state index contributed by atoms with van der Waals surface area (Å²) < 4.78 is 0. The number of hydrogen-bond acceptors (Lipinski definition) is 1. The second kappa shape index (κ2) is 3.44. The standard InChI is InChI=1S/C11H12N2/c1-2-3-4-9-5-6-10-11(7-9)13-8-12-10/h3-8H,2H2,1H3,(H,12,13)/b4-3+. The van der Waals surface area contributed by atoms with E-state index >= 15 is 0 Å². The fraction of sp³-hybridized carbons (Fsp3) is 0.182. The third kappa shape index (κ3) is 1.61. The zero-order chi connectivity index (χ0) is 9.10. The minimum Gasteiger partial charge on any atom is -0.345 e. The van der Waals surface area contributed by atoms with E-state index in [1.165, 1.54) is 5.56 Å². The molecule has 2 rings (SSSR count). The quantitative estimate of drug-likeness (QED) is 0.741. The van der Waals surface area contributed by atoms with Crippen LogP contribution in [0.25, 0.3) is 17.1 Å². The number of imidazole rings is 1. The predicted molar refractivity (Wildman–Crippen MR) is 55.4 cm³/mol. The summed E-state index contributed by atoms with van der Waals surface area (Å²) in [6, 6.07) is 6.22. The normalized spacial score (nSPS) is 11.5. The highest BCUT2D eigenvalue weighted by molar-refractivity contribution is 5.77. The van der Waals surface area contributed by atoms with Gasteiger partial charge in [-0.3, -0.25) is 0 Å². The van der Waals surface area contributed by atoms with Crippen LogP contribution < -0.4 is 0 Å². The number of aromatic amines is 1. The Morgan fingerprint density at radius 2 is 2.38 bits per heavy atom. The summed E-state index contributed by atoms with van der Waals surface area (Å²) in [5.41, 5.74) is 3.33. The van der Waals surface area contributed by atoms with E-state index in [1.807, 2.05) is 0 Å². The number of benzene rings is 1. The fourth-order valence-electron chi connectivity index (χ4n) is 1.31. The molecule has 0 aliphatic heterocycles. The summed E-state index contributed by atoms with van der Waals surface area (Å²) in [7, 11) is 0. The number of rotatable bonds is 2. The van der Waals surface area contributed by atoms with Gasteiger partial charge in [0.1, 0.15) is 0 Å². The first-order valence-corrected chi connectivity index (χ1v) is 4.50. The predicted octanol–water partition coefficient (Wildman–Crippen LogP) is 2.99. The molecule has 66 valence electrons. The first-order valence-electron chi connectivity index (χ1n) is 4.50. The molecule has 0 aliphatic rings. The van der Waals surface area contributed by atoms with Crippen molar-refractivity contribution >= 4 is 17.1 Å². The Bertz CT molecular complexity index is 426. The van der Waals surface area contributed by atoms with Gasteiger partial charge < -0.3 is 4.98 Å². The molecule has 2 heteroatoms. The molecule has 0 atom stereocenters. The molecule has 2 aromatic rings. The van der Waals surface area contributed by atoms with Crippen LogP contribution in [0.2, 0.25) is 0 Å². The highest BCUT2D eigenvalue weighted by atomic mass is 14.9. The van der Waals surface area contributed by atoms with Crippen LogP contribution >= 0.6 is 0 Å². The smallest absolute Gasteiger partial charge is 0.0931 e. The van der Waals surface area contributed by atoms with Crippen molar-refractivity contribution in [3.05, 3.63) is 36.2 Å². The van der Waals surface area contributed by atoms with Gasteiger partial charge in [0.2, 0.25) is 0 Å². The lowest BCUT2D eigenvalue weighted by Gasteiger charge is -1.92. The van der Waals surface area contributed by atoms with Crippen LogP contribution in [0.5, 0.6) is 0 Å². The van der Waals surface area contributed by atoms with Gasteiger partial charge in [0.25, 0.3) is 0 Å². The van der Waals surface area contributed by atoms with Gasteiger partial charge in [-0.25, -0.2) is 4.98 Å². The van der Waals surface area contributed by atoms with E-state index in [2.05, 4.69) is 47.2 Å². The summed E-state index contributed by atoms with van der Waals surface area (Å²) in [6.45, 7) is 2.13. The maximum atomic E-state index is 4.20. The molecule has 1 aromatic heterocycles. The molecule has 1 N–H and O–H groups in total.